The van der Waals surface area contributed by atoms with E-state index in [9.17, 15) is 0 Å². The number of fused-ring (bicyclic) bond motifs is 1. The van der Waals surface area contributed by atoms with Crippen LogP contribution in [0.5, 0.6) is 0 Å². The van der Waals surface area contributed by atoms with Gasteiger partial charge in [0.05, 0.1) is 0 Å². The molecule has 2 rings (SSSR count). The molecule has 0 saturated carbocycles. The van der Waals surface area contributed by atoms with Gasteiger partial charge in [-0.25, -0.2) is 0 Å². The number of benzene rings is 1. The number of hydrogen-bond donors (Lipinski definition) is 1. The maximum Gasteiger partial charge on any atom is 0.0374 e. The molecule has 2 unspecified atom stereocenters. The average molecular weight is 231 g/mol. The Morgan fingerprint density at radius 1 is 1.41 bits per heavy atom. The zero-order valence-electron chi connectivity index (χ0n) is 11.4. The highest BCUT2D eigenvalue weighted by Crippen LogP contribution is 2.26. The molecule has 2 atom stereocenters. The summed E-state index contributed by atoms with van der Waals surface area (Å²) >= 11 is 0. The van der Waals surface area contributed by atoms with Crippen LogP contribution in [0.25, 0.3) is 0 Å². The second-order valence-corrected chi connectivity index (χ2v) is 5.67. The summed E-state index contributed by atoms with van der Waals surface area (Å²) in [5.74, 6) is 0.813. The van der Waals surface area contributed by atoms with E-state index in [1.165, 1.54) is 48.9 Å². The molecule has 0 radical (unpaired) electrons. The van der Waals surface area contributed by atoms with E-state index in [-0.39, 0.29) is 0 Å². The molecule has 0 fully saturated rings. The van der Waals surface area contributed by atoms with Gasteiger partial charge < -0.3 is 5.32 Å². The van der Waals surface area contributed by atoms with Crippen LogP contribution >= 0.6 is 0 Å². The Morgan fingerprint density at radius 2 is 2.24 bits per heavy atom. The number of anilines is 1. The van der Waals surface area contributed by atoms with Gasteiger partial charge in [0.15, 0.2) is 0 Å². The molecule has 1 nitrogen and oxygen atoms in total. The fraction of sp³-hybridized carbons (Fsp3) is 0.625. The normalized spacial score (nSPS) is 20.5. The van der Waals surface area contributed by atoms with Crippen LogP contribution in [0.1, 0.15) is 51.2 Å². The highest BCUT2D eigenvalue weighted by molar-refractivity contribution is 5.55. The maximum atomic E-state index is 3.57. The molecule has 94 valence electrons. The van der Waals surface area contributed by atoms with E-state index >= 15 is 0 Å². The van der Waals surface area contributed by atoms with Gasteiger partial charge in [0, 0.05) is 11.7 Å². The summed E-state index contributed by atoms with van der Waals surface area (Å²) in [5.41, 5.74) is 4.39. The Labute approximate surface area is 106 Å². The van der Waals surface area contributed by atoms with E-state index in [1.54, 1.807) is 0 Å². The molecular weight excluding hydrogens is 206 g/mol. The highest BCUT2D eigenvalue weighted by Gasteiger charge is 2.14. The lowest BCUT2D eigenvalue weighted by atomic mass is 9.92. The largest absolute Gasteiger partial charge is 0.382 e. The Morgan fingerprint density at radius 3 is 3.00 bits per heavy atom. The summed E-state index contributed by atoms with van der Waals surface area (Å²) in [5, 5.41) is 3.57. The average Bonchev–Trinajstić information content (AvgIpc) is 2.29. The zero-order chi connectivity index (χ0) is 12.3. The van der Waals surface area contributed by atoms with Crippen LogP contribution in [0.15, 0.2) is 18.2 Å². The fourth-order valence-electron chi connectivity index (χ4n) is 2.83. The molecular formula is C16H25N. The summed E-state index contributed by atoms with van der Waals surface area (Å²) in [4.78, 5) is 0. The molecule has 1 N–H and O–H groups in total. The van der Waals surface area contributed by atoms with Crippen molar-refractivity contribution in [2.75, 3.05) is 5.32 Å². The molecule has 0 saturated heterocycles. The fourth-order valence-corrected chi connectivity index (χ4v) is 2.83. The summed E-state index contributed by atoms with van der Waals surface area (Å²) < 4.78 is 0. The summed E-state index contributed by atoms with van der Waals surface area (Å²) in [7, 11) is 0. The van der Waals surface area contributed by atoms with E-state index in [4.69, 9.17) is 0 Å². The molecule has 0 bridgehead atoms. The van der Waals surface area contributed by atoms with E-state index in [2.05, 4.69) is 44.3 Å². The lowest BCUT2D eigenvalue weighted by molar-refractivity contribution is 0.522. The van der Waals surface area contributed by atoms with Crippen LogP contribution in [0.4, 0.5) is 5.69 Å². The molecule has 1 heteroatoms. The predicted octanol–water partition coefficient (Wildman–Crippen LogP) is 4.41. The van der Waals surface area contributed by atoms with Crippen molar-refractivity contribution in [3.63, 3.8) is 0 Å². The molecule has 0 aliphatic carbocycles. The molecule has 1 aliphatic rings. The van der Waals surface area contributed by atoms with Gasteiger partial charge in [-0.15, -0.1) is 0 Å². The van der Waals surface area contributed by atoms with Crippen molar-refractivity contribution >= 4 is 5.69 Å². The third-order valence-corrected chi connectivity index (χ3v) is 3.78. The first-order valence-corrected chi connectivity index (χ1v) is 7.07. The number of hydrogen-bond acceptors (Lipinski definition) is 1. The van der Waals surface area contributed by atoms with Crippen molar-refractivity contribution in [1.82, 2.24) is 0 Å². The Balaban J connectivity index is 2.06. The molecule has 0 aromatic heterocycles. The highest BCUT2D eigenvalue weighted by atomic mass is 14.9. The van der Waals surface area contributed by atoms with Gasteiger partial charge in [-0.3, -0.25) is 0 Å². The quantitative estimate of drug-likeness (QED) is 0.809. The van der Waals surface area contributed by atoms with E-state index in [1.807, 2.05) is 0 Å². The van der Waals surface area contributed by atoms with Crippen molar-refractivity contribution in [3.05, 3.63) is 29.3 Å². The summed E-state index contributed by atoms with van der Waals surface area (Å²) in [6.07, 6.45) is 6.37. The van der Waals surface area contributed by atoms with Crippen molar-refractivity contribution in [2.24, 2.45) is 5.92 Å². The van der Waals surface area contributed by atoms with Crippen LogP contribution < -0.4 is 5.32 Å². The standard InChI is InChI=1S/C16H25N/c1-4-5-12(2)10-14-7-9-16-15(11-14)8-6-13(3)17-16/h7,9,11-13,17H,4-6,8,10H2,1-3H3. The van der Waals surface area contributed by atoms with Gasteiger partial charge in [-0.1, -0.05) is 38.8 Å². The SMILES string of the molecule is CCCC(C)Cc1ccc2c(c1)CCC(C)N2. The molecule has 1 heterocycles. The van der Waals surface area contributed by atoms with Gasteiger partial charge in [0.2, 0.25) is 0 Å². The third kappa shape index (κ3) is 3.24. The molecule has 1 aromatic rings. The van der Waals surface area contributed by atoms with Crippen LogP contribution in [0.2, 0.25) is 0 Å². The summed E-state index contributed by atoms with van der Waals surface area (Å²) in [6.45, 7) is 6.90. The van der Waals surface area contributed by atoms with Gasteiger partial charge in [-0.05, 0) is 49.3 Å². The molecule has 1 aliphatic heterocycles. The second kappa shape index (κ2) is 5.57. The monoisotopic (exact) mass is 231 g/mol. The molecule has 0 spiro atoms. The zero-order valence-corrected chi connectivity index (χ0v) is 11.4. The van der Waals surface area contributed by atoms with Crippen molar-refractivity contribution in [2.45, 2.75) is 58.9 Å². The second-order valence-electron chi connectivity index (χ2n) is 5.67. The van der Waals surface area contributed by atoms with Crippen LogP contribution in [0.3, 0.4) is 0 Å². The predicted molar refractivity (Wildman–Crippen MR) is 75.6 cm³/mol. The molecule has 0 amide bonds. The van der Waals surface area contributed by atoms with Gasteiger partial charge in [-0.2, -0.15) is 0 Å². The smallest absolute Gasteiger partial charge is 0.0374 e. The van der Waals surface area contributed by atoms with Crippen LogP contribution in [0, 0.1) is 5.92 Å². The van der Waals surface area contributed by atoms with Crippen molar-refractivity contribution in [1.29, 1.82) is 0 Å². The summed E-state index contributed by atoms with van der Waals surface area (Å²) in [6, 6.07) is 7.63. The first-order valence-electron chi connectivity index (χ1n) is 7.07. The van der Waals surface area contributed by atoms with Gasteiger partial charge in [0.1, 0.15) is 0 Å². The first-order chi connectivity index (χ1) is 8.19. The lowest BCUT2D eigenvalue weighted by Gasteiger charge is -2.25. The topological polar surface area (TPSA) is 12.0 Å². The first kappa shape index (κ1) is 12.5. The minimum atomic E-state index is 0.632. The number of aryl methyl sites for hydroxylation is 1. The Kier molecular flexibility index (Phi) is 4.09. The number of nitrogens with one attached hydrogen (secondary N) is 1. The van der Waals surface area contributed by atoms with Crippen molar-refractivity contribution in [3.8, 4) is 0 Å². The lowest BCUT2D eigenvalue weighted by Crippen LogP contribution is -2.22. The van der Waals surface area contributed by atoms with E-state index in [0.717, 1.165) is 5.92 Å². The third-order valence-electron chi connectivity index (χ3n) is 3.78. The maximum absolute atomic E-state index is 3.57. The molecule has 17 heavy (non-hydrogen) atoms. The number of rotatable bonds is 4. The van der Waals surface area contributed by atoms with E-state index in [0.29, 0.717) is 6.04 Å². The van der Waals surface area contributed by atoms with Gasteiger partial charge >= 0.3 is 0 Å². The van der Waals surface area contributed by atoms with Crippen molar-refractivity contribution < 1.29 is 0 Å². The van der Waals surface area contributed by atoms with Gasteiger partial charge in [0.25, 0.3) is 0 Å². The molecule has 1 aromatic carbocycles. The minimum Gasteiger partial charge on any atom is -0.382 e. The van der Waals surface area contributed by atoms with Crippen LogP contribution in [-0.4, -0.2) is 6.04 Å². The Bertz CT molecular complexity index is 370. The Hall–Kier alpha value is -0.980. The van der Waals surface area contributed by atoms with E-state index < -0.39 is 0 Å². The minimum absolute atomic E-state index is 0.632. The van der Waals surface area contributed by atoms with Crippen LogP contribution in [-0.2, 0) is 12.8 Å².